The smallest absolute Gasteiger partial charge is 0.0238 e. The lowest BCUT2D eigenvalue weighted by atomic mass is 9.93. The molecule has 0 saturated heterocycles. The van der Waals surface area contributed by atoms with E-state index >= 15 is 0 Å². The molecule has 0 aliphatic heterocycles. The minimum absolute atomic E-state index is 0.694. The second-order valence-electron chi connectivity index (χ2n) is 2.25. The summed E-state index contributed by atoms with van der Waals surface area (Å²) in [4.78, 5) is 0. The first-order valence-corrected chi connectivity index (χ1v) is 2.78. The van der Waals surface area contributed by atoms with Gasteiger partial charge in [0.2, 0.25) is 0 Å². The molecule has 0 heterocycles. The number of nitrogens with zero attached hydrogens (tertiary/aromatic N) is 1. The molecular weight excluding hydrogens is 88.1 g/mol. The Bertz CT molecular complexity index is 57.1. The van der Waals surface area contributed by atoms with Crippen molar-refractivity contribution >= 4 is 0 Å². The fourth-order valence-corrected chi connectivity index (χ4v) is 0.794. The SMILES string of the molecule is CN(N)C1CCC1. The molecule has 1 fully saturated rings. The molecule has 0 aromatic rings. The van der Waals surface area contributed by atoms with Gasteiger partial charge in [0.05, 0.1) is 0 Å². The predicted molar refractivity (Wildman–Crippen MR) is 29.6 cm³/mol. The van der Waals surface area contributed by atoms with Crippen LogP contribution in [-0.4, -0.2) is 18.1 Å². The normalized spacial score (nSPS) is 22.7. The van der Waals surface area contributed by atoms with Crippen LogP contribution in [0.2, 0.25) is 0 Å². The summed E-state index contributed by atoms with van der Waals surface area (Å²) in [6.07, 6.45) is 3.96. The third-order valence-electron chi connectivity index (χ3n) is 1.65. The monoisotopic (exact) mass is 100 g/mol. The first kappa shape index (κ1) is 5.06. The summed E-state index contributed by atoms with van der Waals surface area (Å²) in [5, 5.41) is 1.81. The molecule has 0 spiro atoms. The van der Waals surface area contributed by atoms with E-state index in [-0.39, 0.29) is 0 Å². The Labute approximate surface area is 44.3 Å². The number of hydrazine groups is 1. The van der Waals surface area contributed by atoms with E-state index < -0.39 is 0 Å². The van der Waals surface area contributed by atoms with Crippen LogP contribution >= 0.6 is 0 Å². The van der Waals surface area contributed by atoms with Crippen molar-refractivity contribution in [2.24, 2.45) is 5.84 Å². The maximum absolute atomic E-state index is 5.43. The molecule has 0 atom stereocenters. The molecule has 1 aliphatic rings. The molecule has 42 valence electrons. The van der Waals surface area contributed by atoms with E-state index in [1.165, 1.54) is 19.3 Å². The van der Waals surface area contributed by atoms with E-state index in [0.717, 1.165) is 0 Å². The lowest BCUT2D eigenvalue weighted by Crippen LogP contribution is -2.41. The van der Waals surface area contributed by atoms with Gasteiger partial charge in [-0.1, -0.05) is 6.42 Å². The van der Waals surface area contributed by atoms with E-state index in [1.807, 2.05) is 12.1 Å². The Morgan fingerprint density at radius 3 is 2.14 bits per heavy atom. The molecule has 7 heavy (non-hydrogen) atoms. The molecule has 1 saturated carbocycles. The van der Waals surface area contributed by atoms with Crippen LogP contribution < -0.4 is 5.84 Å². The highest BCUT2D eigenvalue weighted by atomic mass is 15.4. The zero-order valence-electron chi connectivity index (χ0n) is 4.72. The third-order valence-corrected chi connectivity index (χ3v) is 1.65. The molecule has 2 heteroatoms. The van der Waals surface area contributed by atoms with Gasteiger partial charge >= 0.3 is 0 Å². The van der Waals surface area contributed by atoms with E-state index in [9.17, 15) is 0 Å². The highest BCUT2D eigenvalue weighted by Crippen LogP contribution is 2.20. The molecule has 2 N–H and O–H groups in total. The molecular formula is C5H12N2. The largest absolute Gasteiger partial charge is 0.269 e. The molecule has 0 bridgehead atoms. The Morgan fingerprint density at radius 2 is 2.14 bits per heavy atom. The molecule has 0 amide bonds. The molecule has 1 aliphatic carbocycles. The van der Waals surface area contributed by atoms with Crippen molar-refractivity contribution in [3.63, 3.8) is 0 Å². The number of nitrogens with two attached hydrogens (primary N) is 1. The second-order valence-corrected chi connectivity index (χ2v) is 2.25. The quantitative estimate of drug-likeness (QED) is 0.380. The Kier molecular flexibility index (Phi) is 1.30. The van der Waals surface area contributed by atoms with Crippen LogP contribution in [0.4, 0.5) is 0 Å². The van der Waals surface area contributed by atoms with Crippen molar-refractivity contribution < 1.29 is 0 Å². The van der Waals surface area contributed by atoms with Gasteiger partial charge in [0, 0.05) is 13.1 Å². The lowest BCUT2D eigenvalue weighted by molar-refractivity contribution is 0.162. The van der Waals surface area contributed by atoms with Crippen LogP contribution in [0.1, 0.15) is 19.3 Å². The average molecular weight is 100 g/mol. The van der Waals surface area contributed by atoms with Crippen molar-refractivity contribution in [2.45, 2.75) is 25.3 Å². The number of hydrogen-bond donors (Lipinski definition) is 1. The first-order chi connectivity index (χ1) is 3.30. The van der Waals surface area contributed by atoms with Gasteiger partial charge in [-0.2, -0.15) is 0 Å². The average Bonchev–Trinajstić information content (AvgIpc) is 1.23. The maximum atomic E-state index is 5.43. The van der Waals surface area contributed by atoms with Gasteiger partial charge in [0.25, 0.3) is 0 Å². The third kappa shape index (κ3) is 0.924. The number of rotatable bonds is 1. The van der Waals surface area contributed by atoms with Gasteiger partial charge in [0.15, 0.2) is 0 Å². The maximum Gasteiger partial charge on any atom is 0.0238 e. The van der Waals surface area contributed by atoms with Crippen molar-refractivity contribution in [3.05, 3.63) is 0 Å². The first-order valence-electron chi connectivity index (χ1n) is 2.78. The molecule has 2 nitrogen and oxygen atoms in total. The minimum Gasteiger partial charge on any atom is -0.269 e. The van der Waals surface area contributed by atoms with Crippen molar-refractivity contribution in [2.75, 3.05) is 7.05 Å². The second kappa shape index (κ2) is 1.80. The summed E-state index contributed by atoms with van der Waals surface area (Å²) >= 11 is 0. The van der Waals surface area contributed by atoms with Crippen LogP contribution in [0.15, 0.2) is 0 Å². The van der Waals surface area contributed by atoms with Crippen LogP contribution in [0.5, 0.6) is 0 Å². The number of hydrogen-bond acceptors (Lipinski definition) is 2. The summed E-state index contributed by atoms with van der Waals surface area (Å²) < 4.78 is 0. The van der Waals surface area contributed by atoms with Crippen LogP contribution in [-0.2, 0) is 0 Å². The van der Waals surface area contributed by atoms with E-state index in [2.05, 4.69) is 0 Å². The zero-order valence-corrected chi connectivity index (χ0v) is 4.72. The van der Waals surface area contributed by atoms with Crippen molar-refractivity contribution in [1.29, 1.82) is 0 Å². The summed E-state index contributed by atoms with van der Waals surface area (Å²) in [6, 6.07) is 0.694. The van der Waals surface area contributed by atoms with Crippen LogP contribution in [0.3, 0.4) is 0 Å². The fraction of sp³-hybridized carbons (Fsp3) is 1.00. The van der Waals surface area contributed by atoms with E-state index in [4.69, 9.17) is 5.84 Å². The fourth-order valence-electron chi connectivity index (χ4n) is 0.794. The van der Waals surface area contributed by atoms with E-state index in [1.54, 1.807) is 0 Å². The van der Waals surface area contributed by atoms with Gasteiger partial charge in [-0.3, -0.25) is 5.84 Å². The summed E-state index contributed by atoms with van der Waals surface area (Å²) in [6.45, 7) is 0. The predicted octanol–water partition coefficient (Wildman–Crippen LogP) is 0.344. The van der Waals surface area contributed by atoms with Crippen molar-refractivity contribution in [1.82, 2.24) is 5.01 Å². The molecule has 0 radical (unpaired) electrons. The van der Waals surface area contributed by atoms with Gasteiger partial charge in [0.1, 0.15) is 0 Å². The molecule has 0 unspecified atom stereocenters. The summed E-state index contributed by atoms with van der Waals surface area (Å²) in [5.74, 6) is 5.43. The van der Waals surface area contributed by atoms with Crippen LogP contribution in [0.25, 0.3) is 0 Å². The molecule has 1 rings (SSSR count). The van der Waals surface area contributed by atoms with Crippen molar-refractivity contribution in [3.8, 4) is 0 Å². The Morgan fingerprint density at radius 1 is 1.57 bits per heavy atom. The highest BCUT2D eigenvalue weighted by Gasteiger charge is 2.18. The summed E-state index contributed by atoms with van der Waals surface area (Å²) in [7, 11) is 1.93. The molecule has 0 aromatic heterocycles. The lowest BCUT2D eigenvalue weighted by Gasteiger charge is -2.30. The van der Waals surface area contributed by atoms with Gasteiger partial charge in [-0.15, -0.1) is 0 Å². The molecule has 0 aromatic carbocycles. The van der Waals surface area contributed by atoms with E-state index in [0.29, 0.717) is 6.04 Å². The standard InChI is InChI=1S/C5H12N2/c1-7(6)5-3-2-4-5/h5H,2-4,6H2,1H3. The van der Waals surface area contributed by atoms with Crippen LogP contribution in [0, 0.1) is 0 Å². The van der Waals surface area contributed by atoms with Gasteiger partial charge in [-0.05, 0) is 12.8 Å². The van der Waals surface area contributed by atoms with Gasteiger partial charge in [-0.25, -0.2) is 5.01 Å². The Balaban J connectivity index is 2.14. The zero-order chi connectivity index (χ0) is 5.28. The van der Waals surface area contributed by atoms with Gasteiger partial charge < -0.3 is 0 Å². The summed E-state index contributed by atoms with van der Waals surface area (Å²) in [5.41, 5.74) is 0. The topological polar surface area (TPSA) is 29.3 Å². The Hall–Kier alpha value is -0.0800. The minimum atomic E-state index is 0.694. The highest BCUT2D eigenvalue weighted by molar-refractivity contribution is 4.74.